The number of nitrogens with zero attached hydrogens (tertiary/aromatic N) is 1. The maximum Gasteiger partial charge on any atom is 0.228 e. The zero-order valence-electron chi connectivity index (χ0n) is 12.2. The number of amides is 1. The van der Waals surface area contributed by atoms with E-state index < -0.39 is 0 Å². The molecule has 3 N–H and O–H groups in total. The molecule has 3 atom stereocenters. The Balaban J connectivity index is 2.15. The van der Waals surface area contributed by atoms with Gasteiger partial charge in [0.25, 0.3) is 0 Å². The topological polar surface area (TPSA) is 68.0 Å². The van der Waals surface area contributed by atoms with Crippen LogP contribution in [0.2, 0.25) is 0 Å². The van der Waals surface area contributed by atoms with Crippen LogP contribution in [0.1, 0.15) is 33.6 Å². The highest BCUT2D eigenvalue weighted by molar-refractivity contribution is 9.10. The maximum atomic E-state index is 12.6. The zero-order valence-corrected chi connectivity index (χ0v) is 13.8. The lowest BCUT2D eigenvalue weighted by atomic mass is 9.61. The second-order valence-electron chi connectivity index (χ2n) is 6.23. The van der Waals surface area contributed by atoms with Crippen LogP contribution in [0, 0.1) is 17.3 Å². The lowest BCUT2D eigenvalue weighted by Crippen LogP contribution is -2.50. The van der Waals surface area contributed by atoms with Crippen molar-refractivity contribution in [3.8, 4) is 0 Å². The second-order valence-corrected chi connectivity index (χ2v) is 6.99. The van der Waals surface area contributed by atoms with Gasteiger partial charge in [-0.1, -0.05) is 20.8 Å². The third-order valence-electron chi connectivity index (χ3n) is 4.84. The van der Waals surface area contributed by atoms with Crippen molar-refractivity contribution in [2.75, 3.05) is 5.32 Å². The van der Waals surface area contributed by atoms with Crippen molar-refractivity contribution >= 4 is 27.5 Å². The monoisotopic (exact) mass is 339 g/mol. The summed E-state index contributed by atoms with van der Waals surface area (Å²) in [4.78, 5) is 16.7. The molecule has 4 nitrogen and oxygen atoms in total. The Morgan fingerprint density at radius 2 is 2.20 bits per heavy atom. The number of pyridine rings is 1. The summed E-state index contributed by atoms with van der Waals surface area (Å²) in [7, 11) is 0. The highest BCUT2D eigenvalue weighted by Crippen LogP contribution is 2.44. The third-order valence-corrected chi connectivity index (χ3v) is 5.47. The van der Waals surface area contributed by atoms with Gasteiger partial charge in [-0.25, -0.2) is 4.98 Å². The summed E-state index contributed by atoms with van der Waals surface area (Å²) >= 11 is 3.35. The minimum atomic E-state index is -0.101. The number of carbonyl (C=O) groups is 1. The normalized spacial score (nSPS) is 28.9. The predicted octanol–water partition coefficient (Wildman–Crippen LogP) is 3.18. The quantitative estimate of drug-likeness (QED) is 0.813. The Morgan fingerprint density at radius 3 is 2.85 bits per heavy atom. The van der Waals surface area contributed by atoms with E-state index in [2.05, 4.69) is 47.0 Å². The first-order valence-corrected chi connectivity index (χ1v) is 7.80. The summed E-state index contributed by atoms with van der Waals surface area (Å²) in [6.45, 7) is 6.42. The fourth-order valence-electron chi connectivity index (χ4n) is 3.02. The van der Waals surface area contributed by atoms with Gasteiger partial charge in [0.2, 0.25) is 5.91 Å². The first-order chi connectivity index (χ1) is 9.34. The van der Waals surface area contributed by atoms with E-state index in [0.29, 0.717) is 10.5 Å². The van der Waals surface area contributed by atoms with Gasteiger partial charge in [0, 0.05) is 18.2 Å². The Hall–Kier alpha value is -0.940. The van der Waals surface area contributed by atoms with Gasteiger partial charge in [0.05, 0.1) is 5.69 Å². The molecule has 1 aliphatic carbocycles. The SMILES string of the molecule is CC1C(N)CCC(C(=O)Nc2cccnc2Br)C1(C)C. The summed E-state index contributed by atoms with van der Waals surface area (Å²) in [6.07, 6.45) is 3.42. The van der Waals surface area contributed by atoms with Crippen LogP contribution in [-0.2, 0) is 4.79 Å². The van der Waals surface area contributed by atoms with Crippen molar-refractivity contribution in [1.29, 1.82) is 0 Å². The minimum Gasteiger partial charge on any atom is -0.327 e. The molecule has 20 heavy (non-hydrogen) atoms. The molecular formula is C15H22BrN3O. The Morgan fingerprint density at radius 1 is 1.50 bits per heavy atom. The Kier molecular flexibility index (Phi) is 4.49. The molecule has 1 aromatic heterocycles. The largest absolute Gasteiger partial charge is 0.327 e. The highest BCUT2D eigenvalue weighted by Gasteiger charge is 2.45. The van der Waals surface area contributed by atoms with Gasteiger partial charge in [-0.15, -0.1) is 0 Å². The second kappa shape index (κ2) is 5.82. The number of rotatable bonds is 2. The average molecular weight is 340 g/mol. The molecule has 0 saturated heterocycles. The molecule has 3 unspecified atom stereocenters. The van der Waals surface area contributed by atoms with E-state index >= 15 is 0 Å². The summed E-state index contributed by atoms with van der Waals surface area (Å²) in [5, 5.41) is 2.98. The van der Waals surface area contributed by atoms with Crippen molar-refractivity contribution in [2.24, 2.45) is 23.0 Å². The van der Waals surface area contributed by atoms with E-state index in [1.54, 1.807) is 6.20 Å². The minimum absolute atomic E-state index is 0.0237. The predicted molar refractivity (Wildman–Crippen MR) is 84.2 cm³/mol. The van der Waals surface area contributed by atoms with Crippen LogP contribution in [0.4, 0.5) is 5.69 Å². The van der Waals surface area contributed by atoms with Crippen LogP contribution < -0.4 is 11.1 Å². The van der Waals surface area contributed by atoms with Gasteiger partial charge < -0.3 is 11.1 Å². The van der Waals surface area contributed by atoms with Crippen LogP contribution in [0.5, 0.6) is 0 Å². The Labute approximate surface area is 128 Å². The first-order valence-electron chi connectivity index (χ1n) is 7.01. The molecule has 5 heteroatoms. The molecule has 0 spiro atoms. The summed E-state index contributed by atoms with van der Waals surface area (Å²) in [6, 6.07) is 3.84. The number of nitrogens with two attached hydrogens (primary N) is 1. The number of aromatic nitrogens is 1. The molecular weight excluding hydrogens is 318 g/mol. The number of carbonyl (C=O) groups excluding carboxylic acids is 1. The van der Waals surface area contributed by atoms with Gasteiger partial charge in [-0.3, -0.25) is 4.79 Å². The molecule has 1 fully saturated rings. The standard InChI is InChI=1S/C15H22BrN3O/c1-9-11(17)7-6-10(15(9,2)3)14(20)19-12-5-4-8-18-13(12)16/h4-5,8-11H,6-7,17H2,1-3H3,(H,19,20). The van der Waals surface area contributed by atoms with Crippen LogP contribution in [0.3, 0.4) is 0 Å². The number of nitrogens with one attached hydrogen (secondary N) is 1. The zero-order chi connectivity index (χ0) is 14.9. The van der Waals surface area contributed by atoms with E-state index in [4.69, 9.17) is 5.73 Å². The van der Waals surface area contributed by atoms with Gasteiger partial charge in [0.1, 0.15) is 4.60 Å². The number of anilines is 1. The maximum absolute atomic E-state index is 12.6. The van der Waals surface area contributed by atoms with Crippen LogP contribution in [-0.4, -0.2) is 16.9 Å². The molecule has 0 aliphatic heterocycles. The van der Waals surface area contributed by atoms with E-state index in [0.717, 1.165) is 18.5 Å². The smallest absolute Gasteiger partial charge is 0.228 e. The molecule has 1 heterocycles. The average Bonchev–Trinajstić information content (AvgIpc) is 2.38. The van der Waals surface area contributed by atoms with Crippen LogP contribution in [0.25, 0.3) is 0 Å². The lowest BCUT2D eigenvalue weighted by Gasteiger charge is -2.46. The summed E-state index contributed by atoms with van der Waals surface area (Å²) in [5.74, 6) is 0.358. The lowest BCUT2D eigenvalue weighted by molar-refractivity contribution is -0.127. The van der Waals surface area contributed by atoms with E-state index in [1.165, 1.54) is 0 Å². The molecule has 1 aromatic rings. The van der Waals surface area contributed by atoms with E-state index in [9.17, 15) is 4.79 Å². The molecule has 0 radical (unpaired) electrons. The van der Waals surface area contributed by atoms with Crippen molar-refractivity contribution in [2.45, 2.75) is 39.7 Å². The fraction of sp³-hybridized carbons (Fsp3) is 0.600. The number of hydrogen-bond acceptors (Lipinski definition) is 3. The van der Waals surface area contributed by atoms with Gasteiger partial charge >= 0.3 is 0 Å². The molecule has 110 valence electrons. The van der Waals surface area contributed by atoms with Crippen LogP contribution in [0.15, 0.2) is 22.9 Å². The summed E-state index contributed by atoms with van der Waals surface area (Å²) < 4.78 is 0.659. The molecule has 1 amide bonds. The van der Waals surface area contributed by atoms with Crippen molar-refractivity contribution in [3.05, 3.63) is 22.9 Å². The van der Waals surface area contributed by atoms with Gasteiger partial charge in [-0.05, 0) is 52.2 Å². The molecule has 1 aliphatic rings. The highest BCUT2D eigenvalue weighted by atomic mass is 79.9. The molecule has 2 rings (SSSR count). The van der Waals surface area contributed by atoms with Gasteiger partial charge in [-0.2, -0.15) is 0 Å². The van der Waals surface area contributed by atoms with Crippen molar-refractivity contribution < 1.29 is 4.79 Å². The molecule has 0 bridgehead atoms. The van der Waals surface area contributed by atoms with Crippen LogP contribution >= 0.6 is 15.9 Å². The van der Waals surface area contributed by atoms with E-state index in [-0.39, 0.29) is 23.3 Å². The first kappa shape index (κ1) is 15.4. The number of halogens is 1. The van der Waals surface area contributed by atoms with Crippen molar-refractivity contribution in [1.82, 2.24) is 4.98 Å². The Bertz CT molecular complexity index is 504. The molecule has 1 saturated carbocycles. The fourth-order valence-corrected chi connectivity index (χ4v) is 3.37. The number of hydrogen-bond donors (Lipinski definition) is 2. The van der Waals surface area contributed by atoms with Crippen molar-refractivity contribution in [3.63, 3.8) is 0 Å². The summed E-state index contributed by atoms with van der Waals surface area (Å²) in [5.41, 5.74) is 6.76. The van der Waals surface area contributed by atoms with Gasteiger partial charge in [0.15, 0.2) is 0 Å². The van der Waals surface area contributed by atoms with E-state index in [1.807, 2.05) is 12.1 Å². The third kappa shape index (κ3) is 2.88. The molecule has 0 aromatic carbocycles.